The summed E-state index contributed by atoms with van der Waals surface area (Å²) >= 11 is 1.79. The second-order valence-electron chi connectivity index (χ2n) is 4.99. The fourth-order valence-electron chi connectivity index (χ4n) is 2.42. The smallest absolute Gasteiger partial charge is 0.242 e. The van der Waals surface area contributed by atoms with Crippen molar-refractivity contribution in [3.05, 3.63) is 23.8 Å². The van der Waals surface area contributed by atoms with Gasteiger partial charge in [-0.15, -0.1) is 0 Å². The predicted molar refractivity (Wildman–Crippen MR) is 81.1 cm³/mol. The molecule has 2 aliphatic heterocycles. The molecule has 1 unspecified atom stereocenters. The highest BCUT2D eigenvalue weighted by Crippen LogP contribution is 2.25. The first kappa shape index (κ1) is 13.5. The lowest BCUT2D eigenvalue weighted by Gasteiger charge is -2.23. The molecule has 2 amide bonds. The third-order valence-corrected chi connectivity index (χ3v) is 4.57. The third-order valence-electron chi connectivity index (χ3n) is 3.51. The first-order valence-corrected chi connectivity index (χ1v) is 7.92. The van der Waals surface area contributed by atoms with Crippen LogP contribution in [0.5, 0.6) is 0 Å². The summed E-state index contributed by atoms with van der Waals surface area (Å²) in [7, 11) is 0. The second-order valence-corrected chi connectivity index (χ2v) is 6.14. The molecular weight excluding hydrogens is 274 g/mol. The number of benzene rings is 1. The van der Waals surface area contributed by atoms with E-state index >= 15 is 0 Å². The molecule has 2 heterocycles. The molecule has 1 fully saturated rings. The van der Waals surface area contributed by atoms with E-state index in [1.54, 1.807) is 11.8 Å². The highest BCUT2D eigenvalue weighted by atomic mass is 32.2. The van der Waals surface area contributed by atoms with Crippen LogP contribution in [0.4, 0.5) is 11.4 Å². The monoisotopic (exact) mass is 291 g/mol. The van der Waals surface area contributed by atoms with Gasteiger partial charge in [0.25, 0.3) is 0 Å². The van der Waals surface area contributed by atoms with E-state index in [-0.39, 0.29) is 17.9 Å². The number of amides is 2. The van der Waals surface area contributed by atoms with Gasteiger partial charge < -0.3 is 16.0 Å². The third kappa shape index (κ3) is 2.96. The molecule has 1 aromatic carbocycles. The van der Waals surface area contributed by atoms with E-state index in [4.69, 9.17) is 0 Å². The average Bonchev–Trinajstić information content (AvgIpc) is 2.48. The molecule has 5 nitrogen and oxygen atoms in total. The minimum absolute atomic E-state index is 0.0111. The van der Waals surface area contributed by atoms with Gasteiger partial charge >= 0.3 is 0 Å². The van der Waals surface area contributed by atoms with Gasteiger partial charge in [0.05, 0.1) is 6.04 Å². The number of carbonyl (C=O) groups is 2. The molecule has 6 heteroatoms. The Balaban J connectivity index is 1.68. The summed E-state index contributed by atoms with van der Waals surface area (Å²) < 4.78 is 0. The number of carbonyl (C=O) groups excluding carboxylic acids is 2. The summed E-state index contributed by atoms with van der Waals surface area (Å²) in [5.41, 5.74) is 2.72. The predicted octanol–water partition coefficient (Wildman–Crippen LogP) is 1.21. The lowest BCUT2D eigenvalue weighted by Crippen LogP contribution is -2.46. The maximum atomic E-state index is 12.1. The van der Waals surface area contributed by atoms with Gasteiger partial charge in [-0.25, -0.2) is 0 Å². The zero-order valence-electron chi connectivity index (χ0n) is 11.1. The van der Waals surface area contributed by atoms with Crippen LogP contribution in [0.25, 0.3) is 0 Å². The number of fused-ring (bicyclic) bond motifs is 1. The van der Waals surface area contributed by atoms with Crippen molar-refractivity contribution >= 4 is 35.0 Å². The van der Waals surface area contributed by atoms with Crippen LogP contribution in [0, 0.1) is 0 Å². The van der Waals surface area contributed by atoms with E-state index in [1.165, 1.54) is 0 Å². The van der Waals surface area contributed by atoms with Gasteiger partial charge in [0.15, 0.2) is 0 Å². The minimum Gasteiger partial charge on any atom is -0.326 e. The quantitative estimate of drug-likeness (QED) is 0.766. The van der Waals surface area contributed by atoms with Crippen molar-refractivity contribution in [1.82, 2.24) is 5.32 Å². The molecule has 0 radical (unpaired) electrons. The summed E-state index contributed by atoms with van der Waals surface area (Å²) in [6.45, 7) is 0.874. The van der Waals surface area contributed by atoms with E-state index in [0.29, 0.717) is 6.42 Å². The van der Waals surface area contributed by atoms with Crippen molar-refractivity contribution in [3.63, 3.8) is 0 Å². The Morgan fingerprint density at radius 3 is 3.05 bits per heavy atom. The first-order chi connectivity index (χ1) is 9.72. The van der Waals surface area contributed by atoms with E-state index in [9.17, 15) is 9.59 Å². The van der Waals surface area contributed by atoms with Crippen LogP contribution in [-0.2, 0) is 16.0 Å². The van der Waals surface area contributed by atoms with Gasteiger partial charge in [-0.2, -0.15) is 11.8 Å². The van der Waals surface area contributed by atoms with Gasteiger partial charge in [0.1, 0.15) is 0 Å². The summed E-state index contributed by atoms with van der Waals surface area (Å²) in [5, 5.41) is 9.00. The molecule has 0 bridgehead atoms. The Morgan fingerprint density at radius 2 is 2.25 bits per heavy atom. The Bertz CT molecular complexity index is 541. The fraction of sp³-hybridized carbons (Fsp3) is 0.429. The van der Waals surface area contributed by atoms with Crippen LogP contribution < -0.4 is 16.0 Å². The minimum atomic E-state index is -0.121. The van der Waals surface area contributed by atoms with Crippen molar-refractivity contribution < 1.29 is 9.59 Å². The van der Waals surface area contributed by atoms with E-state index in [2.05, 4.69) is 16.0 Å². The van der Waals surface area contributed by atoms with Crippen molar-refractivity contribution in [1.29, 1.82) is 0 Å². The Kier molecular flexibility index (Phi) is 3.93. The van der Waals surface area contributed by atoms with Crippen LogP contribution in [0.2, 0.25) is 0 Å². The molecule has 0 spiro atoms. The maximum Gasteiger partial charge on any atom is 0.242 e. The molecule has 3 N–H and O–H groups in total. The molecule has 1 saturated heterocycles. The molecule has 0 aliphatic carbocycles. The average molecular weight is 291 g/mol. The number of anilines is 2. The zero-order valence-corrected chi connectivity index (χ0v) is 11.9. The summed E-state index contributed by atoms with van der Waals surface area (Å²) in [6, 6.07) is 5.51. The van der Waals surface area contributed by atoms with Crippen molar-refractivity contribution in [3.8, 4) is 0 Å². The second kappa shape index (κ2) is 5.85. The SMILES string of the molecule is O=C1CCc2cc(NC(=O)C3CSCCN3)ccc2N1. The van der Waals surface area contributed by atoms with E-state index in [1.807, 2.05) is 18.2 Å². The highest BCUT2D eigenvalue weighted by Gasteiger charge is 2.21. The van der Waals surface area contributed by atoms with Crippen LogP contribution in [0.15, 0.2) is 18.2 Å². The van der Waals surface area contributed by atoms with Crippen LogP contribution >= 0.6 is 11.8 Å². The fourth-order valence-corrected chi connectivity index (χ4v) is 3.36. The van der Waals surface area contributed by atoms with Gasteiger partial charge in [-0.1, -0.05) is 0 Å². The number of hydrogen-bond acceptors (Lipinski definition) is 4. The Morgan fingerprint density at radius 1 is 1.35 bits per heavy atom. The molecule has 0 saturated carbocycles. The number of hydrogen-bond donors (Lipinski definition) is 3. The number of thioether (sulfide) groups is 1. The first-order valence-electron chi connectivity index (χ1n) is 6.77. The molecule has 106 valence electrons. The Hall–Kier alpha value is -1.53. The molecular formula is C14H17N3O2S. The standard InChI is InChI=1S/C14H17N3O2S/c18-13-4-1-9-7-10(2-3-11(9)17-13)16-14(19)12-8-20-6-5-15-12/h2-3,7,12,15H,1,4-6,8H2,(H,16,19)(H,17,18). The lowest BCUT2D eigenvalue weighted by atomic mass is 10.0. The summed E-state index contributed by atoms with van der Waals surface area (Å²) in [6.07, 6.45) is 1.23. The molecule has 1 atom stereocenters. The van der Waals surface area contributed by atoms with Gasteiger partial charge in [0, 0.05) is 35.8 Å². The Labute approximate surface area is 121 Å². The zero-order chi connectivity index (χ0) is 13.9. The maximum absolute atomic E-state index is 12.1. The van der Waals surface area contributed by atoms with E-state index in [0.717, 1.165) is 41.4 Å². The molecule has 1 aromatic rings. The van der Waals surface area contributed by atoms with Crippen molar-refractivity contribution in [2.75, 3.05) is 28.7 Å². The van der Waals surface area contributed by atoms with Crippen LogP contribution in [0.1, 0.15) is 12.0 Å². The number of aryl methyl sites for hydroxylation is 1. The summed E-state index contributed by atoms with van der Waals surface area (Å²) in [5.74, 6) is 1.93. The van der Waals surface area contributed by atoms with Crippen molar-refractivity contribution in [2.45, 2.75) is 18.9 Å². The number of rotatable bonds is 2. The number of nitrogens with one attached hydrogen (secondary N) is 3. The van der Waals surface area contributed by atoms with Crippen LogP contribution in [0.3, 0.4) is 0 Å². The molecule has 0 aromatic heterocycles. The lowest BCUT2D eigenvalue weighted by molar-refractivity contribution is -0.118. The van der Waals surface area contributed by atoms with E-state index < -0.39 is 0 Å². The molecule has 20 heavy (non-hydrogen) atoms. The molecule has 3 rings (SSSR count). The molecule has 2 aliphatic rings. The van der Waals surface area contributed by atoms with Crippen LogP contribution in [-0.4, -0.2) is 35.9 Å². The van der Waals surface area contributed by atoms with Crippen molar-refractivity contribution in [2.24, 2.45) is 0 Å². The largest absolute Gasteiger partial charge is 0.326 e. The van der Waals surface area contributed by atoms with Gasteiger partial charge in [-0.3, -0.25) is 9.59 Å². The normalized spacial score (nSPS) is 21.8. The summed E-state index contributed by atoms with van der Waals surface area (Å²) in [4.78, 5) is 23.4. The van der Waals surface area contributed by atoms with Gasteiger partial charge in [0.2, 0.25) is 11.8 Å². The topological polar surface area (TPSA) is 70.2 Å². The van der Waals surface area contributed by atoms with Gasteiger partial charge in [-0.05, 0) is 30.2 Å². The highest BCUT2D eigenvalue weighted by molar-refractivity contribution is 7.99.